The van der Waals surface area contributed by atoms with E-state index in [1.54, 1.807) is 0 Å². The number of rotatable bonds is 6. The average Bonchev–Trinajstić information content (AvgIpc) is 2.45. The molecule has 0 radical (unpaired) electrons. The second-order valence-electron chi connectivity index (χ2n) is 6.02. The number of amides is 1. The minimum absolute atomic E-state index is 0.150. The summed E-state index contributed by atoms with van der Waals surface area (Å²) in [5.41, 5.74) is 1.30. The van der Waals surface area contributed by atoms with Gasteiger partial charge in [0.1, 0.15) is 5.60 Å². The van der Waals surface area contributed by atoms with E-state index < -0.39 is 11.7 Å². The zero-order valence-corrected chi connectivity index (χ0v) is 13.8. The molecule has 0 atom stereocenters. The lowest BCUT2D eigenvalue weighted by molar-refractivity contribution is 0.0528. The lowest BCUT2D eigenvalue weighted by Gasteiger charge is -2.19. The van der Waals surface area contributed by atoms with Gasteiger partial charge in [0.15, 0.2) is 5.78 Å². The highest BCUT2D eigenvalue weighted by atomic mass is 16.6. The zero-order chi connectivity index (χ0) is 16.6. The van der Waals surface area contributed by atoms with Crippen LogP contribution in [0, 0.1) is 0 Å². The number of hydrogen-bond donors (Lipinski definition) is 1. The first kappa shape index (κ1) is 18.0. The van der Waals surface area contributed by atoms with Gasteiger partial charge in [-0.05, 0) is 32.8 Å². The van der Waals surface area contributed by atoms with Crippen LogP contribution in [0.1, 0.15) is 56.5 Å². The van der Waals surface area contributed by atoms with Crippen LogP contribution in [0.15, 0.2) is 30.3 Å². The summed E-state index contributed by atoms with van der Waals surface area (Å²) in [6, 6.07) is 7.51. The summed E-state index contributed by atoms with van der Waals surface area (Å²) in [7, 11) is 0. The first-order valence-corrected chi connectivity index (χ1v) is 7.58. The molecular weight excluding hydrogens is 278 g/mol. The lowest BCUT2D eigenvalue weighted by Crippen LogP contribution is -2.32. The smallest absolute Gasteiger partial charge is 0.407 e. The largest absolute Gasteiger partial charge is 0.444 e. The van der Waals surface area contributed by atoms with E-state index in [2.05, 4.69) is 5.32 Å². The molecule has 0 heterocycles. The van der Waals surface area contributed by atoms with Crippen molar-refractivity contribution in [1.82, 2.24) is 5.32 Å². The maximum absolute atomic E-state index is 11.5. The molecule has 1 rings (SSSR count). The molecule has 4 nitrogen and oxygen atoms in total. The predicted octanol–water partition coefficient (Wildman–Crippen LogP) is 4.21. The molecule has 1 aromatic rings. The molecule has 0 bridgehead atoms. The van der Waals surface area contributed by atoms with Crippen LogP contribution in [0.2, 0.25) is 0 Å². The summed E-state index contributed by atoms with van der Waals surface area (Å²) in [5, 5.41) is 2.70. The van der Waals surface area contributed by atoms with Crippen LogP contribution in [0.5, 0.6) is 0 Å². The van der Waals surface area contributed by atoms with Crippen molar-refractivity contribution < 1.29 is 14.3 Å². The summed E-state index contributed by atoms with van der Waals surface area (Å²) in [6.07, 6.45) is 4.79. The van der Waals surface area contributed by atoms with Gasteiger partial charge < -0.3 is 10.1 Å². The maximum atomic E-state index is 11.5. The fourth-order valence-electron chi connectivity index (χ4n) is 1.78. The monoisotopic (exact) mass is 303 g/mol. The number of carbonyl (C=O) groups excluding carboxylic acids is 2. The molecule has 1 aromatic carbocycles. The van der Waals surface area contributed by atoms with Gasteiger partial charge in [0, 0.05) is 18.5 Å². The van der Waals surface area contributed by atoms with Gasteiger partial charge in [-0.15, -0.1) is 0 Å². The first-order valence-electron chi connectivity index (χ1n) is 7.58. The lowest BCUT2D eigenvalue weighted by atomic mass is 10.1. The Kier molecular flexibility index (Phi) is 6.83. The third-order valence-electron chi connectivity index (χ3n) is 2.84. The van der Waals surface area contributed by atoms with Crippen LogP contribution in [0.4, 0.5) is 4.79 Å². The second kappa shape index (κ2) is 8.37. The molecule has 0 aromatic heterocycles. The third kappa shape index (κ3) is 7.07. The van der Waals surface area contributed by atoms with Crippen LogP contribution in [-0.2, 0) is 4.74 Å². The molecule has 0 fully saturated rings. The van der Waals surface area contributed by atoms with E-state index in [9.17, 15) is 9.59 Å². The molecule has 4 heteroatoms. The van der Waals surface area contributed by atoms with E-state index >= 15 is 0 Å². The van der Waals surface area contributed by atoms with Gasteiger partial charge in [-0.1, -0.05) is 43.3 Å². The predicted molar refractivity (Wildman–Crippen MR) is 89.0 cm³/mol. The fraction of sp³-hybridized carbons (Fsp3) is 0.444. The summed E-state index contributed by atoms with van der Waals surface area (Å²) in [4.78, 5) is 22.9. The van der Waals surface area contributed by atoms with Gasteiger partial charge in [-0.2, -0.15) is 0 Å². The minimum atomic E-state index is -0.475. The second-order valence-corrected chi connectivity index (χ2v) is 6.02. The standard InChI is InChI=1S/C18H25NO3/c1-5-16(20)15-11-9-14(10-12-15)8-6-7-13-19-17(21)22-18(2,3)4/h6,8-12H,5,7,13H2,1-4H3,(H,19,21). The minimum Gasteiger partial charge on any atom is -0.444 e. The van der Waals surface area contributed by atoms with Crippen molar-refractivity contribution in [3.05, 3.63) is 41.5 Å². The molecule has 120 valence electrons. The van der Waals surface area contributed by atoms with E-state index in [-0.39, 0.29) is 5.78 Å². The van der Waals surface area contributed by atoms with Crippen molar-refractivity contribution in [2.45, 2.75) is 46.1 Å². The van der Waals surface area contributed by atoms with Crippen molar-refractivity contribution in [1.29, 1.82) is 0 Å². The fourth-order valence-corrected chi connectivity index (χ4v) is 1.78. The molecule has 0 aliphatic heterocycles. The van der Waals surface area contributed by atoms with Crippen molar-refractivity contribution in [3.8, 4) is 0 Å². The van der Waals surface area contributed by atoms with Gasteiger partial charge in [0.25, 0.3) is 0 Å². The number of alkyl carbamates (subject to hydrolysis) is 1. The molecule has 1 amide bonds. The van der Waals surface area contributed by atoms with Crippen molar-refractivity contribution in [2.24, 2.45) is 0 Å². The number of ketones is 1. The Morgan fingerprint density at radius 2 is 1.82 bits per heavy atom. The van der Waals surface area contributed by atoms with Gasteiger partial charge >= 0.3 is 6.09 Å². The third-order valence-corrected chi connectivity index (χ3v) is 2.84. The highest BCUT2D eigenvalue weighted by Crippen LogP contribution is 2.09. The molecule has 0 spiro atoms. The SMILES string of the molecule is CCC(=O)c1ccc(C=CCCNC(=O)OC(C)(C)C)cc1. The van der Waals surface area contributed by atoms with Crippen LogP contribution in [-0.4, -0.2) is 24.0 Å². The Morgan fingerprint density at radius 3 is 2.36 bits per heavy atom. The van der Waals surface area contributed by atoms with Crippen molar-refractivity contribution >= 4 is 18.0 Å². The van der Waals surface area contributed by atoms with E-state index in [1.165, 1.54) is 0 Å². The Morgan fingerprint density at radius 1 is 1.18 bits per heavy atom. The van der Waals surface area contributed by atoms with Crippen LogP contribution in [0.25, 0.3) is 6.08 Å². The van der Waals surface area contributed by atoms with E-state index in [0.717, 1.165) is 17.5 Å². The molecule has 0 aliphatic rings. The molecule has 0 saturated carbocycles. The molecule has 22 heavy (non-hydrogen) atoms. The summed E-state index contributed by atoms with van der Waals surface area (Å²) in [5.74, 6) is 0.150. The first-order chi connectivity index (χ1) is 10.3. The normalized spacial score (nSPS) is 11.5. The van der Waals surface area contributed by atoms with Crippen LogP contribution < -0.4 is 5.32 Å². The number of ether oxygens (including phenoxy) is 1. The highest BCUT2D eigenvalue weighted by molar-refractivity contribution is 5.95. The van der Waals surface area contributed by atoms with Crippen LogP contribution in [0.3, 0.4) is 0 Å². The Bertz CT molecular complexity index is 524. The van der Waals surface area contributed by atoms with Gasteiger partial charge in [0.05, 0.1) is 0 Å². The molecular formula is C18H25NO3. The van der Waals surface area contributed by atoms with Crippen molar-refractivity contribution in [3.63, 3.8) is 0 Å². The van der Waals surface area contributed by atoms with E-state index in [4.69, 9.17) is 4.74 Å². The number of nitrogens with one attached hydrogen (secondary N) is 1. The van der Waals surface area contributed by atoms with Gasteiger partial charge in [-0.25, -0.2) is 4.79 Å². The Hall–Kier alpha value is -2.10. The summed E-state index contributed by atoms with van der Waals surface area (Å²) in [6.45, 7) is 7.88. The zero-order valence-electron chi connectivity index (χ0n) is 13.8. The Balaban J connectivity index is 2.34. The number of benzene rings is 1. The molecule has 0 saturated heterocycles. The number of Topliss-reactive ketones (excluding diaryl/α,β-unsaturated/α-hetero) is 1. The summed E-state index contributed by atoms with van der Waals surface area (Å²) < 4.78 is 5.14. The van der Waals surface area contributed by atoms with Crippen LogP contribution >= 0.6 is 0 Å². The Labute approximate surface area is 132 Å². The van der Waals surface area contributed by atoms with Crippen molar-refractivity contribution in [2.75, 3.05) is 6.54 Å². The molecule has 0 aliphatic carbocycles. The number of hydrogen-bond acceptors (Lipinski definition) is 3. The molecule has 0 unspecified atom stereocenters. The highest BCUT2D eigenvalue weighted by Gasteiger charge is 2.15. The average molecular weight is 303 g/mol. The quantitative estimate of drug-likeness (QED) is 0.632. The van der Waals surface area contributed by atoms with E-state index in [1.807, 2.05) is 64.1 Å². The topological polar surface area (TPSA) is 55.4 Å². The van der Waals surface area contributed by atoms with E-state index in [0.29, 0.717) is 13.0 Å². The van der Waals surface area contributed by atoms with Gasteiger partial charge in [0.2, 0.25) is 0 Å². The maximum Gasteiger partial charge on any atom is 0.407 e. The molecule has 1 N–H and O–H groups in total. The summed E-state index contributed by atoms with van der Waals surface area (Å²) >= 11 is 0. The number of carbonyl (C=O) groups is 2. The van der Waals surface area contributed by atoms with Gasteiger partial charge in [-0.3, -0.25) is 4.79 Å².